The van der Waals surface area contributed by atoms with Gasteiger partial charge in [-0.15, -0.1) is 0 Å². The van der Waals surface area contributed by atoms with Crippen molar-refractivity contribution >= 4 is 45.2 Å². The van der Waals surface area contributed by atoms with Crippen molar-refractivity contribution in [1.29, 1.82) is 0 Å². The van der Waals surface area contributed by atoms with Crippen molar-refractivity contribution in [2.75, 3.05) is 5.32 Å². The molecule has 110 valence electrons. The molecule has 0 bridgehead atoms. The lowest BCUT2D eigenvalue weighted by atomic mass is 9.97. The van der Waals surface area contributed by atoms with Crippen LogP contribution in [0.3, 0.4) is 0 Å². The Hall–Kier alpha value is -1.27. The van der Waals surface area contributed by atoms with E-state index in [2.05, 4.69) is 26.6 Å². The summed E-state index contributed by atoms with van der Waals surface area (Å²) in [6, 6.07) is 4.35. The number of hydrogen-bond donors (Lipinski definition) is 3. The number of benzene rings is 1. The van der Waals surface area contributed by atoms with Crippen LogP contribution < -0.4 is 10.6 Å². The molecule has 0 aromatic heterocycles. The summed E-state index contributed by atoms with van der Waals surface area (Å²) in [5.41, 5.74) is -0.808. The monoisotopic (exact) mass is 362 g/mol. The number of urea groups is 1. The zero-order chi connectivity index (χ0) is 15.3. The number of rotatable bonds is 5. The molecule has 0 aliphatic carbocycles. The van der Waals surface area contributed by atoms with Crippen LogP contribution in [0.1, 0.15) is 26.7 Å². The van der Waals surface area contributed by atoms with E-state index in [1.165, 1.54) is 6.92 Å². The fraction of sp³-hybridized carbons (Fsp3) is 0.385. The molecule has 3 N–H and O–H groups in total. The summed E-state index contributed by atoms with van der Waals surface area (Å²) >= 11 is 9.16. The van der Waals surface area contributed by atoms with Crippen LogP contribution in [0.5, 0.6) is 0 Å². The molecule has 0 heterocycles. The molecular weight excluding hydrogens is 348 g/mol. The van der Waals surface area contributed by atoms with E-state index < -0.39 is 17.5 Å². The van der Waals surface area contributed by atoms with E-state index in [-0.39, 0.29) is 0 Å². The van der Waals surface area contributed by atoms with E-state index >= 15 is 0 Å². The second-order valence-electron chi connectivity index (χ2n) is 4.60. The summed E-state index contributed by atoms with van der Waals surface area (Å²) in [5, 5.41) is 14.7. The topological polar surface area (TPSA) is 78.4 Å². The molecule has 1 unspecified atom stereocenters. The minimum absolute atomic E-state index is 0.344. The van der Waals surface area contributed by atoms with Crippen molar-refractivity contribution in [2.24, 2.45) is 0 Å². The molecule has 2 amide bonds. The molecule has 5 nitrogen and oxygen atoms in total. The van der Waals surface area contributed by atoms with Gasteiger partial charge in [-0.25, -0.2) is 9.59 Å². The van der Waals surface area contributed by atoms with Crippen LogP contribution in [0.25, 0.3) is 0 Å². The van der Waals surface area contributed by atoms with Crippen LogP contribution in [0.4, 0.5) is 10.5 Å². The second kappa shape index (κ2) is 6.95. The Balaban J connectivity index is 2.75. The van der Waals surface area contributed by atoms with Gasteiger partial charge < -0.3 is 15.7 Å². The van der Waals surface area contributed by atoms with Crippen LogP contribution in [-0.2, 0) is 4.79 Å². The van der Waals surface area contributed by atoms with E-state index in [1.54, 1.807) is 18.2 Å². The molecule has 0 saturated carbocycles. The van der Waals surface area contributed by atoms with E-state index in [4.69, 9.17) is 11.6 Å². The molecule has 0 saturated heterocycles. The van der Waals surface area contributed by atoms with E-state index in [0.717, 1.165) is 0 Å². The molecule has 1 atom stereocenters. The summed E-state index contributed by atoms with van der Waals surface area (Å²) in [4.78, 5) is 23.1. The van der Waals surface area contributed by atoms with Crippen LogP contribution >= 0.6 is 27.5 Å². The molecule has 1 aromatic carbocycles. The van der Waals surface area contributed by atoms with Gasteiger partial charge in [0.05, 0.1) is 5.02 Å². The van der Waals surface area contributed by atoms with Gasteiger partial charge in [-0.2, -0.15) is 0 Å². The Morgan fingerprint density at radius 1 is 1.45 bits per heavy atom. The zero-order valence-electron chi connectivity index (χ0n) is 11.2. The number of nitrogens with one attached hydrogen (secondary N) is 2. The molecule has 1 aromatic rings. The largest absolute Gasteiger partial charge is 0.480 e. The molecule has 0 spiro atoms. The summed E-state index contributed by atoms with van der Waals surface area (Å²) < 4.78 is 0.714. The first-order chi connectivity index (χ1) is 9.28. The molecular formula is C13H16BrClN2O3. The normalized spacial score (nSPS) is 13.4. The second-order valence-corrected chi connectivity index (χ2v) is 5.86. The smallest absolute Gasteiger partial charge is 0.329 e. The summed E-state index contributed by atoms with van der Waals surface area (Å²) in [6.45, 7) is 3.34. The number of amides is 2. The number of anilines is 1. The molecule has 7 heteroatoms. The predicted molar refractivity (Wildman–Crippen MR) is 82.3 cm³/mol. The lowest BCUT2D eigenvalue weighted by Crippen LogP contribution is -2.53. The lowest BCUT2D eigenvalue weighted by Gasteiger charge is -2.25. The van der Waals surface area contributed by atoms with Gasteiger partial charge in [-0.1, -0.05) is 24.9 Å². The summed E-state index contributed by atoms with van der Waals surface area (Å²) in [6.07, 6.45) is 0.990. The summed E-state index contributed by atoms with van der Waals surface area (Å²) in [7, 11) is 0. The minimum Gasteiger partial charge on any atom is -0.480 e. The number of carbonyl (C=O) groups excluding carboxylic acids is 1. The lowest BCUT2D eigenvalue weighted by molar-refractivity contribution is -0.143. The summed E-state index contributed by atoms with van der Waals surface area (Å²) in [5.74, 6) is -1.07. The third-order valence-electron chi connectivity index (χ3n) is 2.79. The van der Waals surface area contributed by atoms with Gasteiger partial charge in [0, 0.05) is 10.2 Å². The van der Waals surface area contributed by atoms with Gasteiger partial charge in [0.1, 0.15) is 5.54 Å². The molecule has 0 aliphatic rings. The van der Waals surface area contributed by atoms with Gasteiger partial charge in [-0.3, -0.25) is 0 Å². The highest BCUT2D eigenvalue weighted by Gasteiger charge is 2.33. The van der Waals surface area contributed by atoms with Gasteiger partial charge in [-0.05, 0) is 47.5 Å². The van der Waals surface area contributed by atoms with Gasteiger partial charge in [0.2, 0.25) is 0 Å². The Morgan fingerprint density at radius 2 is 2.10 bits per heavy atom. The standard InChI is InChI=1S/C13H16BrClN2O3/c1-3-6-13(2,11(18)19)17-12(20)16-8-4-5-9(14)10(15)7-8/h4-5,7H,3,6H2,1-2H3,(H,18,19)(H2,16,17,20). The third-order valence-corrected chi connectivity index (χ3v) is 4.02. The number of carbonyl (C=O) groups is 2. The highest BCUT2D eigenvalue weighted by atomic mass is 79.9. The average molecular weight is 364 g/mol. The van der Waals surface area contributed by atoms with Gasteiger partial charge in [0.15, 0.2) is 0 Å². The molecule has 0 aliphatic heterocycles. The maximum absolute atomic E-state index is 11.9. The fourth-order valence-corrected chi connectivity index (χ4v) is 2.14. The quantitative estimate of drug-likeness (QED) is 0.743. The van der Waals surface area contributed by atoms with Crippen molar-refractivity contribution in [3.8, 4) is 0 Å². The van der Waals surface area contributed by atoms with Crippen molar-refractivity contribution in [2.45, 2.75) is 32.2 Å². The molecule has 1 rings (SSSR count). The number of carboxylic acids is 1. The highest BCUT2D eigenvalue weighted by molar-refractivity contribution is 9.10. The highest BCUT2D eigenvalue weighted by Crippen LogP contribution is 2.25. The first-order valence-corrected chi connectivity index (χ1v) is 7.23. The SMILES string of the molecule is CCCC(C)(NC(=O)Nc1ccc(Br)c(Cl)c1)C(=O)O. The van der Waals surface area contributed by atoms with E-state index in [1.807, 2.05) is 6.92 Å². The maximum Gasteiger partial charge on any atom is 0.329 e. The van der Waals surface area contributed by atoms with Gasteiger partial charge >= 0.3 is 12.0 Å². The minimum atomic E-state index is -1.29. The number of hydrogen-bond acceptors (Lipinski definition) is 2. The van der Waals surface area contributed by atoms with Crippen LogP contribution in [-0.4, -0.2) is 22.6 Å². The van der Waals surface area contributed by atoms with Crippen LogP contribution in [0, 0.1) is 0 Å². The zero-order valence-corrected chi connectivity index (χ0v) is 13.5. The molecule has 0 fully saturated rings. The third kappa shape index (κ3) is 4.38. The van der Waals surface area contributed by atoms with Crippen molar-refractivity contribution in [3.05, 3.63) is 27.7 Å². The Morgan fingerprint density at radius 3 is 2.60 bits per heavy atom. The number of carboxylic acid groups (broad SMARTS) is 1. The van der Waals surface area contributed by atoms with Crippen molar-refractivity contribution < 1.29 is 14.7 Å². The van der Waals surface area contributed by atoms with E-state index in [9.17, 15) is 14.7 Å². The first-order valence-electron chi connectivity index (χ1n) is 6.06. The Kier molecular flexibility index (Phi) is 5.83. The Labute approximate surface area is 130 Å². The Bertz CT molecular complexity index is 524. The van der Waals surface area contributed by atoms with Crippen molar-refractivity contribution in [3.63, 3.8) is 0 Å². The number of aliphatic carboxylic acids is 1. The maximum atomic E-state index is 11.9. The van der Waals surface area contributed by atoms with Gasteiger partial charge in [0.25, 0.3) is 0 Å². The molecule has 20 heavy (non-hydrogen) atoms. The number of halogens is 2. The van der Waals surface area contributed by atoms with E-state index in [0.29, 0.717) is 28.0 Å². The molecule has 0 radical (unpaired) electrons. The average Bonchev–Trinajstić information content (AvgIpc) is 2.33. The van der Waals surface area contributed by atoms with Crippen LogP contribution in [0.2, 0.25) is 5.02 Å². The fourth-order valence-electron chi connectivity index (χ4n) is 1.71. The predicted octanol–water partition coefficient (Wildman–Crippen LogP) is 3.87. The first kappa shape index (κ1) is 16.8. The van der Waals surface area contributed by atoms with Crippen LogP contribution in [0.15, 0.2) is 22.7 Å². The van der Waals surface area contributed by atoms with Crippen molar-refractivity contribution in [1.82, 2.24) is 5.32 Å².